The normalized spacial score (nSPS) is 24.4. The predicted octanol–water partition coefficient (Wildman–Crippen LogP) is 3.22. The standard InChI is InChI=1S/C15H21FN2S/c1-10-4-3-5-11(2)18(10)9-12-6-7-13(16)8-14(12)15(17)19/h6-8,10-11H,3-5,9H2,1-2H3,(H2,17,19)/t10-,11+. The molecule has 0 aliphatic carbocycles. The van der Waals surface area contributed by atoms with Crippen LogP contribution in [0.1, 0.15) is 44.2 Å². The van der Waals surface area contributed by atoms with Crippen molar-refractivity contribution in [3.05, 3.63) is 35.1 Å². The van der Waals surface area contributed by atoms with Gasteiger partial charge in [0.15, 0.2) is 0 Å². The van der Waals surface area contributed by atoms with Gasteiger partial charge in [0.2, 0.25) is 0 Å². The summed E-state index contributed by atoms with van der Waals surface area (Å²) < 4.78 is 13.3. The first-order valence-electron chi connectivity index (χ1n) is 6.83. The zero-order valence-corrected chi connectivity index (χ0v) is 12.3. The quantitative estimate of drug-likeness (QED) is 0.862. The van der Waals surface area contributed by atoms with Crippen LogP contribution < -0.4 is 5.73 Å². The largest absolute Gasteiger partial charge is 0.389 e. The molecule has 0 amide bonds. The van der Waals surface area contributed by atoms with Gasteiger partial charge in [0.05, 0.1) is 0 Å². The Bertz CT molecular complexity index is 465. The lowest BCUT2D eigenvalue weighted by atomic mass is 9.96. The van der Waals surface area contributed by atoms with Gasteiger partial charge in [0.25, 0.3) is 0 Å². The summed E-state index contributed by atoms with van der Waals surface area (Å²) in [6.07, 6.45) is 3.71. The molecule has 2 rings (SSSR count). The number of likely N-dealkylation sites (tertiary alicyclic amines) is 1. The van der Waals surface area contributed by atoms with Crippen LogP contribution in [-0.4, -0.2) is 22.0 Å². The third kappa shape index (κ3) is 3.31. The highest BCUT2D eigenvalue weighted by molar-refractivity contribution is 7.80. The number of piperidine rings is 1. The van der Waals surface area contributed by atoms with Gasteiger partial charge in [0, 0.05) is 24.2 Å². The second kappa shape index (κ2) is 5.97. The maximum absolute atomic E-state index is 13.3. The molecule has 1 fully saturated rings. The first-order chi connectivity index (χ1) is 8.99. The molecule has 2 N–H and O–H groups in total. The highest BCUT2D eigenvalue weighted by Crippen LogP contribution is 2.25. The Hall–Kier alpha value is -1.00. The average molecular weight is 280 g/mol. The van der Waals surface area contributed by atoms with E-state index in [4.69, 9.17) is 18.0 Å². The molecule has 4 heteroatoms. The monoisotopic (exact) mass is 280 g/mol. The summed E-state index contributed by atoms with van der Waals surface area (Å²) >= 11 is 5.03. The van der Waals surface area contributed by atoms with E-state index in [9.17, 15) is 4.39 Å². The molecule has 2 atom stereocenters. The molecule has 2 nitrogen and oxygen atoms in total. The molecule has 1 saturated heterocycles. The first-order valence-corrected chi connectivity index (χ1v) is 7.24. The van der Waals surface area contributed by atoms with Gasteiger partial charge < -0.3 is 5.73 Å². The van der Waals surface area contributed by atoms with Crippen molar-refractivity contribution in [2.75, 3.05) is 0 Å². The lowest BCUT2D eigenvalue weighted by Gasteiger charge is -2.39. The molecule has 104 valence electrons. The fourth-order valence-corrected chi connectivity index (χ4v) is 3.09. The number of thiocarbonyl (C=S) groups is 1. The zero-order chi connectivity index (χ0) is 14.0. The smallest absolute Gasteiger partial charge is 0.123 e. The van der Waals surface area contributed by atoms with Crippen molar-refractivity contribution in [2.24, 2.45) is 5.73 Å². The molecular weight excluding hydrogens is 259 g/mol. The Balaban J connectivity index is 2.24. The lowest BCUT2D eigenvalue weighted by molar-refractivity contribution is 0.0952. The topological polar surface area (TPSA) is 29.3 Å². The van der Waals surface area contributed by atoms with E-state index in [1.54, 1.807) is 6.07 Å². The molecular formula is C15H21FN2S. The Labute approximate surface area is 119 Å². The van der Waals surface area contributed by atoms with E-state index < -0.39 is 0 Å². The maximum Gasteiger partial charge on any atom is 0.123 e. The number of nitrogens with zero attached hydrogens (tertiary/aromatic N) is 1. The maximum atomic E-state index is 13.3. The molecule has 0 unspecified atom stereocenters. The van der Waals surface area contributed by atoms with Crippen molar-refractivity contribution in [2.45, 2.75) is 51.7 Å². The molecule has 1 heterocycles. The van der Waals surface area contributed by atoms with Crippen molar-refractivity contribution in [3.8, 4) is 0 Å². The van der Waals surface area contributed by atoms with E-state index in [1.165, 1.54) is 31.4 Å². The van der Waals surface area contributed by atoms with Gasteiger partial charge in [-0.15, -0.1) is 0 Å². The highest BCUT2D eigenvalue weighted by Gasteiger charge is 2.25. The molecule has 0 aromatic heterocycles. The molecule has 19 heavy (non-hydrogen) atoms. The Morgan fingerprint density at radius 2 is 2.00 bits per heavy atom. The van der Waals surface area contributed by atoms with E-state index in [2.05, 4.69) is 18.7 Å². The number of hydrogen-bond donors (Lipinski definition) is 1. The van der Waals surface area contributed by atoms with Gasteiger partial charge in [-0.1, -0.05) is 24.7 Å². The molecule has 0 saturated carbocycles. The number of hydrogen-bond acceptors (Lipinski definition) is 2. The van der Waals surface area contributed by atoms with E-state index in [1.807, 2.05) is 0 Å². The van der Waals surface area contributed by atoms with Crippen LogP contribution in [0.5, 0.6) is 0 Å². The summed E-state index contributed by atoms with van der Waals surface area (Å²) in [7, 11) is 0. The molecule has 1 aliphatic heterocycles. The average Bonchev–Trinajstić information content (AvgIpc) is 2.35. The van der Waals surface area contributed by atoms with Crippen molar-refractivity contribution >= 4 is 17.2 Å². The third-order valence-electron chi connectivity index (χ3n) is 4.07. The van der Waals surface area contributed by atoms with Gasteiger partial charge in [-0.2, -0.15) is 0 Å². The van der Waals surface area contributed by atoms with Crippen LogP contribution in [0.2, 0.25) is 0 Å². The summed E-state index contributed by atoms with van der Waals surface area (Å²) in [6, 6.07) is 5.83. The molecule has 1 aromatic carbocycles. The van der Waals surface area contributed by atoms with E-state index in [-0.39, 0.29) is 10.8 Å². The number of halogens is 1. The van der Waals surface area contributed by atoms with Crippen LogP contribution >= 0.6 is 12.2 Å². The van der Waals surface area contributed by atoms with Crippen molar-refractivity contribution in [3.63, 3.8) is 0 Å². The van der Waals surface area contributed by atoms with Gasteiger partial charge in [-0.25, -0.2) is 4.39 Å². The summed E-state index contributed by atoms with van der Waals surface area (Å²) in [5.74, 6) is -0.286. The minimum absolute atomic E-state index is 0.270. The van der Waals surface area contributed by atoms with Gasteiger partial charge in [-0.05, 0) is 44.4 Å². The highest BCUT2D eigenvalue weighted by atomic mass is 32.1. The SMILES string of the molecule is C[C@@H]1CCC[C@H](C)N1Cc1ccc(F)cc1C(N)=S. The number of nitrogens with two attached hydrogens (primary N) is 1. The lowest BCUT2D eigenvalue weighted by Crippen LogP contribution is -2.43. The van der Waals surface area contributed by atoms with Gasteiger partial charge in [-0.3, -0.25) is 4.90 Å². The van der Waals surface area contributed by atoms with E-state index in [0.717, 1.165) is 12.1 Å². The van der Waals surface area contributed by atoms with Crippen LogP contribution in [0.4, 0.5) is 4.39 Å². The molecule has 0 bridgehead atoms. The van der Waals surface area contributed by atoms with Crippen LogP contribution in [0, 0.1) is 5.82 Å². The van der Waals surface area contributed by atoms with Crippen LogP contribution in [0.15, 0.2) is 18.2 Å². The van der Waals surface area contributed by atoms with Crippen molar-refractivity contribution in [1.82, 2.24) is 4.90 Å². The predicted molar refractivity (Wildman–Crippen MR) is 80.6 cm³/mol. The summed E-state index contributed by atoms with van der Waals surface area (Å²) in [4.78, 5) is 2.73. The molecule has 0 spiro atoms. The van der Waals surface area contributed by atoms with E-state index in [0.29, 0.717) is 17.6 Å². The van der Waals surface area contributed by atoms with Crippen LogP contribution in [0.25, 0.3) is 0 Å². The molecule has 1 aromatic rings. The Morgan fingerprint density at radius 1 is 1.37 bits per heavy atom. The van der Waals surface area contributed by atoms with Crippen LogP contribution in [-0.2, 0) is 6.54 Å². The zero-order valence-electron chi connectivity index (χ0n) is 11.5. The number of rotatable bonds is 3. The molecule has 1 aliphatic rings. The summed E-state index contributed by atoms with van der Waals surface area (Å²) in [5.41, 5.74) is 7.39. The fraction of sp³-hybridized carbons (Fsp3) is 0.533. The summed E-state index contributed by atoms with van der Waals surface area (Å²) in [5, 5.41) is 0. The first kappa shape index (κ1) is 14.4. The van der Waals surface area contributed by atoms with Crippen LogP contribution in [0.3, 0.4) is 0 Å². The third-order valence-corrected chi connectivity index (χ3v) is 4.29. The van der Waals surface area contributed by atoms with E-state index >= 15 is 0 Å². The Morgan fingerprint density at radius 3 is 2.58 bits per heavy atom. The fourth-order valence-electron chi connectivity index (χ4n) is 2.90. The Kier molecular flexibility index (Phi) is 4.53. The van der Waals surface area contributed by atoms with Crippen molar-refractivity contribution < 1.29 is 4.39 Å². The number of benzene rings is 1. The summed E-state index contributed by atoms with van der Waals surface area (Å²) in [6.45, 7) is 5.29. The minimum Gasteiger partial charge on any atom is -0.389 e. The second-order valence-electron chi connectivity index (χ2n) is 5.47. The second-order valence-corrected chi connectivity index (χ2v) is 5.91. The van der Waals surface area contributed by atoms with Gasteiger partial charge >= 0.3 is 0 Å². The minimum atomic E-state index is -0.286. The molecule has 0 radical (unpaired) electrons. The van der Waals surface area contributed by atoms with Gasteiger partial charge in [0.1, 0.15) is 10.8 Å². The van der Waals surface area contributed by atoms with Crippen molar-refractivity contribution in [1.29, 1.82) is 0 Å².